The summed E-state index contributed by atoms with van der Waals surface area (Å²) in [6.07, 6.45) is 20.2. The predicted octanol–water partition coefficient (Wildman–Crippen LogP) is 6.69. The van der Waals surface area contributed by atoms with Gasteiger partial charge in [-0.25, -0.2) is 0 Å². The number of hydrogen-bond acceptors (Lipinski definition) is 1. The van der Waals surface area contributed by atoms with Gasteiger partial charge >= 0.3 is 0 Å². The zero-order chi connectivity index (χ0) is 15.3. The molecule has 0 radical (unpaired) electrons. The fourth-order valence-electron chi connectivity index (χ4n) is 3.20. The first-order valence-corrected chi connectivity index (χ1v) is 9.79. The lowest BCUT2D eigenvalue weighted by atomic mass is 9.95. The molecule has 0 spiro atoms. The first-order valence-electron chi connectivity index (χ1n) is 9.79. The van der Waals surface area contributed by atoms with Crippen LogP contribution in [-0.4, -0.2) is 5.78 Å². The molecule has 1 aliphatic carbocycles. The van der Waals surface area contributed by atoms with Crippen LogP contribution < -0.4 is 0 Å². The van der Waals surface area contributed by atoms with Crippen LogP contribution >= 0.6 is 0 Å². The van der Waals surface area contributed by atoms with Crippen molar-refractivity contribution in [1.29, 1.82) is 0 Å². The fourth-order valence-corrected chi connectivity index (χ4v) is 3.20. The Hall–Kier alpha value is -0.330. The van der Waals surface area contributed by atoms with Gasteiger partial charge in [-0.2, -0.15) is 0 Å². The minimum absolute atomic E-state index is 0.334. The van der Waals surface area contributed by atoms with E-state index in [2.05, 4.69) is 13.8 Å². The molecule has 0 aromatic carbocycles. The second-order valence-electron chi connectivity index (χ2n) is 7.26. The van der Waals surface area contributed by atoms with Gasteiger partial charge in [0.15, 0.2) is 0 Å². The summed E-state index contributed by atoms with van der Waals surface area (Å²) in [7, 11) is 0. The molecule has 1 fully saturated rings. The van der Waals surface area contributed by atoms with E-state index >= 15 is 0 Å². The van der Waals surface area contributed by atoms with Crippen LogP contribution in [0.5, 0.6) is 0 Å². The molecule has 21 heavy (non-hydrogen) atoms. The molecule has 1 unspecified atom stereocenters. The average Bonchev–Trinajstić information content (AvgIpc) is 3.32. The third-order valence-corrected chi connectivity index (χ3v) is 4.96. The molecule has 1 heteroatoms. The smallest absolute Gasteiger partial charge is 0.138 e. The zero-order valence-electron chi connectivity index (χ0n) is 14.7. The summed E-state index contributed by atoms with van der Waals surface area (Å²) < 4.78 is 0. The lowest BCUT2D eigenvalue weighted by molar-refractivity contribution is -0.123. The van der Waals surface area contributed by atoms with E-state index in [0.717, 1.165) is 6.42 Å². The van der Waals surface area contributed by atoms with Gasteiger partial charge in [0, 0.05) is 11.8 Å². The van der Waals surface area contributed by atoms with Crippen molar-refractivity contribution >= 4 is 5.78 Å². The minimum Gasteiger partial charge on any atom is -0.299 e. The van der Waals surface area contributed by atoms with Gasteiger partial charge in [0.05, 0.1) is 0 Å². The van der Waals surface area contributed by atoms with Crippen LogP contribution in [-0.2, 0) is 4.79 Å². The molecule has 0 aliphatic heterocycles. The van der Waals surface area contributed by atoms with E-state index in [0.29, 0.717) is 17.6 Å². The Balaban J connectivity index is 1.75. The molecular weight excluding hydrogens is 256 g/mol. The van der Waals surface area contributed by atoms with E-state index in [4.69, 9.17) is 0 Å². The molecule has 0 aromatic rings. The second kappa shape index (κ2) is 12.2. The van der Waals surface area contributed by atoms with Gasteiger partial charge in [-0.05, 0) is 19.3 Å². The molecule has 1 atom stereocenters. The second-order valence-corrected chi connectivity index (χ2v) is 7.26. The number of hydrogen-bond donors (Lipinski definition) is 0. The molecule has 0 amide bonds. The maximum absolute atomic E-state index is 11.8. The van der Waals surface area contributed by atoms with Crippen molar-refractivity contribution < 1.29 is 4.79 Å². The van der Waals surface area contributed by atoms with Gasteiger partial charge in [0.25, 0.3) is 0 Å². The molecule has 0 saturated heterocycles. The molecule has 0 heterocycles. The van der Waals surface area contributed by atoms with Crippen LogP contribution in [0.4, 0.5) is 0 Å². The first kappa shape index (κ1) is 18.7. The number of carbonyl (C=O) groups excluding carboxylic acids is 1. The van der Waals surface area contributed by atoms with Crippen molar-refractivity contribution in [3.63, 3.8) is 0 Å². The quantitative estimate of drug-likeness (QED) is 0.307. The Kier molecular flexibility index (Phi) is 10.9. The lowest BCUT2D eigenvalue weighted by Gasteiger charge is -2.09. The highest BCUT2D eigenvalue weighted by Crippen LogP contribution is 2.33. The highest BCUT2D eigenvalue weighted by Gasteiger charge is 2.32. The number of rotatable bonds is 15. The van der Waals surface area contributed by atoms with Crippen molar-refractivity contribution in [2.45, 2.75) is 110 Å². The summed E-state index contributed by atoms with van der Waals surface area (Å²) in [6.45, 7) is 4.42. The summed E-state index contributed by atoms with van der Waals surface area (Å²) in [4.78, 5) is 11.8. The predicted molar refractivity (Wildman–Crippen MR) is 92.6 cm³/mol. The van der Waals surface area contributed by atoms with E-state index in [1.165, 1.54) is 89.9 Å². The van der Waals surface area contributed by atoms with Crippen LogP contribution in [0.3, 0.4) is 0 Å². The molecule has 0 N–H and O–H groups in total. The van der Waals surface area contributed by atoms with Crippen molar-refractivity contribution in [3.8, 4) is 0 Å². The van der Waals surface area contributed by atoms with E-state index in [-0.39, 0.29) is 0 Å². The summed E-state index contributed by atoms with van der Waals surface area (Å²) in [6, 6.07) is 0. The van der Waals surface area contributed by atoms with Gasteiger partial charge in [0.1, 0.15) is 5.78 Å². The number of Topliss-reactive ketones (excluding diaryl/α,β-unsaturated/α-hetero) is 1. The summed E-state index contributed by atoms with van der Waals surface area (Å²) >= 11 is 0. The van der Waals surface area contributed by atoms with E-state index in [1.807, 2.05) is 0 Å². The maximum Gasteiger partial charge on any atom is 0.138 e. The highest BCUT2D eigenvalue weighted by molar-refractivity contribution is 5.85. The minimum atomic E-state index is 0.334. The number of unbranched alkanes of at least 4 members (excludes halogenated alkanes) is 11. The summed E-state index contributed by atoms with van der Waals surface area (Å²) in [5.41, 5.74) is 0. The third-order valence-electron chi connectivity index (χ3n) is 4.96. The molecule has 124 valence electrons. The van der Waals surface area contributed by atoms with Crippen molar-refractivity contribution in [2.75, 3.05) is 0 Å². The highest BCUT2D eigenvalue weighted by atomic mass is 16.1. The fraction of sp³-hybridized carbons (Fsp3) is 0.950. The SMILES string of the molecule is CCCCCCCCCCCCCCC(C)C(=O)C1CC1. The van der Waals surface area contributed by atoms with Crippen LogP contribution in [0.25, 0.3) is 0 Å². The maximum atomic E-state index is 11.8. The van der Waals surface area contributed by atoms with E-state index in [1.54, 1.807) is 0 Å². The molecule has 1 aliphatic rings. The topological polar surface area (TPSA) is 17.1 Å². The molecular formula is C20H38O. The number of carbonyl (C=O) groups is 1. The standard InChI is InChI=1S/C20H38O/c1-3-4-5-6-7-8-9-10-11-12-13-14-15-18(2)20(21)19-16-17-19/h18-19H,3-17H2,1-2H3. The Morgan fingerprint density at radius 1 is 0.810 bits per heavy atom. The van der Waals surface area contributed by atoms with E-state index < -0.39 is 0 Å². The van der Waals surface area contributed by atoms with Crippen LogP contribution in [0.2, 0.25) is 0 Å². The van der Waals surface area contributed by atoms with Crippen LogP contribution in [0.1, 0.15) is 110 Å². The average molecular weight is 295 g/mol. The largest absolute Gasteiger partial charge is 0.299 e. The van der Waals surface area contributed by atoms with Gasteiger partial charge in [0.2, 0.25) is 0 Å². The molecule has 1 saturated carbocycles. The Morgan fingerprint density at radius 2 is 1.24 bits per heavy atom. The van der Waals surface area contributed by atoms with Crippen LogP contribution in [0.15, 0.2) is 0 Å². The van der Waals surface area contributed by atoms with Gasteiger partial charge in [-0.3, -0.25) is 4.79 Å². The monoisotopic (exact) mass is 294 g/mol. The van der Waals surface area contributed by atoms with Crippen molar-refractivity contribution in [1.82, 2.24) is 0 Å². The molecule has 0 aromatic heterocycles. The third kappa shape index (κ3) is 10.1. The lowest BCUT2D eigenvalue weighted by Crippen LogP contribution is -2.12. The van der Waals surface area contributed by atoms with Gasteiger partial charge in [-0.1, -0.05) is 90.9 Å². The van der Waals surface area contributed by atoms with Crippen molar-refractivity contribution in [2.24, 2.45) is 11.8 Å². The summed E-state index contributed by atoms with van der Waals surface area (Å²) in [5.74, 6) is 1.34. The van der Waals surface area contributed by atoms with Crippen molar-refractivity contribution in [3.05, 3.63) is 0 Å². The number of ketones is 1. The Bertz CT molecular complexity index is 255. The van der Waals surface area contributed by atoms with Crippen LogP contribution in [0, 0.1) is 11.8 Å². The Labute approximate surface area is 133 Å². The zero-order valence-corrected chi connectivity index (χ0v) is 14.7. The van der Waals surface area contributed by atoms with Gasteiger partial charge in [-0.15, -0.1) is 0 Å². The normalized spacial score (nSPS) is 16.1. The molecule has 1 rings (SSSR count). The summed E-state index contributed by atoms with van der Waals surface area (Å²) in [5, 5.41) is 0. The molecule has 1 nitrogen and oxygen atoms in total. The first-order chi connectivity index (χ1) is 10.3. The van der Waals surface area contributed by atoms with E-state index in [9.17, 15) is 4.79 Å². The molecule has 0 bridgehead atoms. The Morgan fingerprint density at radius 3 is 1.67 bits per heavy atom. The van der Waals surface area contributed by atoms with Gasteiger partial charge < -0.3 is 0 Å².